The number of nitrogens with zero attached hydrogens (tertiary/aromatic N) is 4. The van der Waals surface area contributed by atoms with E-state index in [-0.39, 0.29) is 17.9 Å². The monoisotopic (exact) mass is 471 g/mol. The second kappa shape index (κ2) is 10.8. The van der Waals surface area contributed by atoms with Crippen LogP contribution in [0.1, 0.15) is 38.7 Å². The maximum atomic E-state index is 13.5. The molecule has 4 rings (SSSR count). The molecule has 1 atom stereocenters. The fraction of sp³-hybridized carbons (Fsp3) is 0.259. The summed E-state index contributed by atoms with van der Waals surface area (Å²) in [5.74, 6) is 0.600. The predicted octanol–water partition coefficient (Wildman–Crippen LogP) is 3.89. The molecule has 0 saturated heterocycles. The van der Waals surface area contributed by atoms with Gasteiger partial charge in [-0.2, -0.15) is 0 Å². The van der Waals surface area contributed by atoms with Crippen molar-refractivity contribution in [2.45, 2.75) is 25.8 Å². The first-order chi connectivity index (χ1) is 16.9. The molecule has 35 heavy (non-hydrogen) atoms. The lowest BCUT2D eigenvalue weighted by Gasteiger charge is -2.29. The molecule has 4 aromatic rings. The largest absolute Gasteiger partial charge is 0.421 e. The Morgan fingerprint density at radius 1 is 1.06 bits per heavy atom. The molecule has 8 heteroatoms. The van der Waals surface area contributed by atoms with E-state index in [4.69, 9.17) is 4.42 Å². The average molecular weight is 472 g/mol. The summed E-state index contributed by atoms with van der Waals surface area (Å²) in [6.45, 7) is 2.17. The van der Waals surface area contributed by atoms with Crippen LogP contribution in [0.2, 0.25) is 0 Å². The first kappa shape index (κ1) is 23.9. The maximum absolute atomic E-state index is 13.5. The van der Waals surface area contributed by atoms with Gasteiger partial charge in [0.1, 0.15) is 5.69 Å². The summed E-state index contributed by atoms with van der Waals surface area (Å²) in [5, 5.41) is 10.9. The van der Waals surface area contributed by atoms with Gasteiger partial charge in [0.2, 0.25) is 11.8 Å². The summed E-state index contributed by atoms with van der Waals surface area (Å²) >= 11 is 0. The van der Waals surface area contributed by atoms with Gasteiger partial charge < -0.3 is 19.2 Å². The normalized spacial score (nSPS) is 11.7. The first-order valence-corrected chi connectivity index (χ1v) is 11.5. The summed E-state index contributed by atoms with van der Waals surface area (Å²) in [6.07, 6.45) is 3.12. The van der Waals surface area contributed by atoms with E-state index in [9.17, 15) is 9.59 Å². The van der Waals surface area contributed by atoms with E-state index in [1.54, 1.807) is 41.6 Å². The maximum Gasteiger partial charge on any atom is 0.267 e. The molecule has 0 fully saturated rings. The molecule has 0 saturated carbocycles. The van der Waals surface area contributed by atoms with E-state index < -0.39 is 0 Å². The zero-order valence-corrected chi connectivity index (χ0v) is 20.1. The lowest BCUT2D eigenvalue weighted by molar-refractivity contribution is 0.0723. The fourth-order valence-corrected chi connectivity index (χ4v) is 4.03. The Hall–Kier alpha value is -4.20. The smallest absolute Gasteiger partial charge is 0.267 e. The number of rotatable bonds is 9. The van der Waals surface area contributed by atoms with Crippen molar-refractivity contribution >= 4 is 11.8 Å². The zero-order chi connectivity index (χ0) is 24.8. The fourth-order valence-electron chi connectivity index (χ4n) is 4.03. The average Bonchev–Trinajstić information content (AvgIpc) is 3.51. The second-order valence-corrected chi connectivity index (χ2v) is 8.52. The van der Waals surface area contributed by atoms with E-state index in [1.165, 1.54) is 0 Å². The number of nitrogens with one attached hydrogen (secondary N) is 1. The number of aryl methyl sites for hydroxylation is 2. The summed E-state index contributed by atoms with van der Waals surface area (Å²) in [4.78, 5) is 27.7. The van der Waals surface area contributed by atoms with Crippen molar-refractivity contribution in [3.05, 3.63) is 95.6 Å². The molecule has 0 aliphatic carbocycles. The lowest BCUT2D eigenvalue weighted by Crippen LogP contribution is -2.41. The molecule has 180 valence electrons. The topological polar surface area (TPSA) is 93.3 Å². The second-order valence-electron chi connectivity index (χ2n) is 8.52. The Balaban J connectivity index is 1.49. The number of aromatic nitrogens is 3. The number of benzene rings is 2. The van der Waals surface area contributed by atoms with Crippen LogP contribution in [-0.4, -0.2) is 51.1 Å². The van der Waals surface area contributed by atoms with Crippen LogP contribution < -0.4 is 5.32 Å². The molecular formula is C27H29N5O3. The van der Waals surface area contributed by atoms with Crippen molar-refractivity contribution in [2.75, 3.05) is 13.6 Å². The van der Waals surface area contributed by atoms with E-state index in [0.29, 0.717) is 48.0 Å². The number of carbonyl (C=O) groups excluding carboxylic acids is 2. The van der Waals surface area contributed by atoms with Gasteiger partial charge in [-0.05, 0) is 48.7 Å². The number of likely N-dealkylation sites (N-methyl/N-ethyl adjacent to an activating group) is 1. The van der Waals surface area contributed by atoms with Crippen LogP contribution in [-0.2, 0) is 13.5 Å². The third-order valence-electron chi connectivity index (χ3n) is 6.00. The zero-order valence-electron chi connectivity index (χ0n) is 20.1. The first-order valence-electron chi connectivity index (χ1n) is 11.5. The molecule has 0 aliphatic rings. The highest BCUT2D eigenvalue weighted by Crippen LogP contribution is 2.21. The number of carbonyl (C=O) groups is 2. The summed E-state index contributed by atoms with van der Waals surface area (Å²) in [5.41, 5.74) is 2.95. The molecule has 2 aromatic carbocycles. The van der Waals surface area contributed by atoms with Crippen molar-refractivity contribution < 1.29 is 14.0 Å². The van der Waals surface area contributed by atoms with Crippen LogP contribution >= 0.6 is 0 Å². The van der Waals surface area contributed by atoms with Crippen molar-refractivity contribution in [2.24, 2.45) is 7.05 Å². The minimum Gasteiger partial charge on any atom is -0.421 e. The molecular weight excluding hydrogens is 442 g/mol. The van der Waals surface area contributed by atoms with Gasteiger partial charge in [0.05, 0.1) is 0 Å². The SMILES string of the molecule is Cc1nnc(-c2cccc(C(=O)N(C)[C@H](CCNC(=O)c3cccn3C)Cc3ccccc3)c2)o1. The Morgan fingerprint density at radius 2 is 1.86 bits per heavy atom. The molecule has 2 heterocycles. The number of hydrogen-bond donors (Lipinski definition) is 1. The number of amides is 2. The predicted molar refractivity (Wildman–Crippen MR) is 133 cm³/mol. The highest BCUT2D eigenvalue weighted by molar-refractivity contribution is 5.95. The Kier molecular flexibility index (Phi) is 7.40. The van der Waals surface area contributed by atoms with E-state index in [1.807, 2.05) is 61.8 Å². The van der Waals surface area contributed by atoms with Gasteiger partial charge in [0.15, 0.2) is 0 Å². The summed E-state index contributed by atoms with van der Waals surface area (Å²) in [6, 6.07) is 20.7. The van der Waals surface area contributed by atoms with Crippen LogP contribution in [0.4, 0.5) is 0 Å². The Bertz CT molecular complexity index is 1290. The third-order valence-corrected chi connectivity index (χ3v) is 6.00. The van der Waals surface area contributed by atoms with Gasteiger partial charge in [-0.3, -0.25) is 9.59 Å². The molecule has 1 N–H and O–H groups in total. The van der Waals surface area contributed by atoms with Gasteiger partial charge >= 0.3 is 0 Å². The third kappa shape index (κ3) is 5.84. The Morgan fingerprint density at radius 3 is 2.54 bits per heavy atom. The van der Waals surface area contributed by atoms with Crippen LogP contribution in [0.15, 0.2) is 77.3 Å². The lowest BCUT2D eigenvalue weighted by atomic mass is 10.0. The molecule has 2 aromatic heterocycles. The molecule has 0 aliphatic heterocycles. The van der Waals surface area contributed by atoms with Gasteiger partial charge in [-0.1, -0.05) is 36.4 Å². The van der Waals surface area contributed by atoms with Crippen LogP contribution in [0, 0.1) is 6.92 Å². The van der Waals surface area contributed by atoms with Gasteiger partial charge in [0.25, 0.3) is 11.8 Å². The highest BCUT2D eigenvalue weighted by Gasteiger charge is 2.23. The molecule has 0 bridgehead atoms. The van der Waals surface area contributed by atoms with Gasteiger partial charge in [0, 0.05) is 50.9 Å². The van der Waals surface area contributed by atoms with Crippen molar-refractivity contribution in [1.29, 1.82) is 0 Å². The van der Waals surface area contributed by atoms with Crippen molar-refractivity contribution in [3.63, 3.8) is 0 Å². The summed E-state index contributed by atoms with van der Waals surface area (Å²) < 4.78 is 7.30. The van der Waals surface area contributed by atoms with Gasteiger partial charge in [-0.15, -0.1) is 10.2 Å². The Labute approximate surface area is 204 Å². The molecule has 8 nitrogen and oxygen atoms in total. The van der Waals surface area contributed by atoms with E-state index in [2.05, 4.69) is 15.5 Å². The number of hydrogen-bond acceptors (Lipinski definition) is 5. The van der Waals surface area contributed by atoms with Crippen molar-refractivity contribution in [3.8, 4) is 11.5 Å². The van der Waals surface area contributed by atoms with Crippen LogP contribution in [0.3, 0.4) is 0 Å². The standard InChI is InChI=1S/C27H29N5O3/c1-19-29-30-26(35-19)21-11-7-12-22(18-21)27(34)32(3)23(17-20-9-5-4-6-10-20)14-15-28-25(33)24-13-8-16-31(24)2/h4-13,16,18,23H,14-15,17H2,1-3H3,(H,28,33)/t23-/m1/s1. The van der Waals surface area contributed by atoms with Crippen LogP contribution in [0.25, 0.3) is 11.5 Å². The molecule has 0 radical (unpaired) electrons. The van der Waals surface area contributed by atoms with Crippen LogP contribution in [0.5, 0.6) is 0 Å². The molecule has 0 unspecified atom stereocenters. The van der Waals surface area contributed by atoms with Gasteiger partial charge in [-0.25, -0.2) is 0 Å². The molecule has 0 spiro atoms. The minimum atomic E-state index is -0.132. The van der Waals surface area contributed by atoms with E-state index in [0.717, 1.165) is 5.56 Å². The quantitative estimate of drug-likeness (QED) is 0.400. The van der Waals surface area contributed by atoms with E-state index >= 15 is 0 Å². The minimum absolute atomic E-state index is 0.113. The molecule has 2 amide bonds. The van der Waals surface area contributed by atoms with Crippen molar-refractivity contribution in [1.82, 2.24) is 25.0 Å². The highest BCUT2D eigenvalue weighted by atomic mass is 16.4. The summed E-state index contributed by atoms with van der Waals surface area (Å²) in [7, 11) is 3.64.